The molecule has 0 spiro atoms. The van der Waals surface area contributed by atoms with Gasteiger partial charge in [-0.1, -0.05) is 67.2 Å². The molecule has 0 bridgehead atoms. The molecule has 1 aliphatic rings. The average Bonchev–Trinajstić information content (AvgIpc) is 2.67. The van der Waals surface area contributed by atoms with Gasteiger partial charge in [0.15, 0.2) is 0 Å². The lowest BCUT2D eigenvalue weighted by molar-refractivity contribution is 0.0765. The summed E-state index contributed by atoms with van der Waals surface area (Å²) in [5, 5.41) is 19.7. The smallest absolute Gasteiger partial charge is 0.284 e. The van der Waals surface area contributed by atoms with Gasteiger partial charge in [0, 0.05) is 12.0 Å². The van der Waals surface area contributed by atoms with E-state index in [-0.39, 0.29) is 24.7 Å². The van der Waals surface area contributed by atoms with E-state index >= 15 is 0 Å². The molecule has 0 aliphatic carbocycles. The number of hydrogen-bond acceptors (Lipinski definition) is 4. The molecular weight excluding hydrogens is 314 g/mol. The van der Waals surface area contributed by atoms with Crippen LogP contribution in [0.25, 0.3) is 5.76 Å². The van der Waals surface area contributed by atoms with Gasteiger partial charge in [-0.25, -0.2) is 0 Å². The lowest BCUT2D eigenvalue weighted by Crippen LogP contribution is -2.10. The largest absolute Gasteiger partial charge is 0.481 e. The van der Waals surface area contributed by atoms with Crippen LogP contribution in [0.2, 0.25) is 0 Å². The zero-order valence-corrected chi connectivity index (χ0v) is 13.6. The van der Waals surface area contributed by atoms with E-state index in [9.17, 15) is 10.4 Å². The molecule has 2 aromatic carbocycles. The van der Waals surface area contributed by atoms with Gasteiger partial charge < -0.3 is 14.6 Å². The SMILES string of the molecule is C=C1OC(c2ccccc2)=C(C#N)C/C1=C(/O)OCc1ccccc1. The normalized spacial score (nSPS) is 16.0. The van der Waals surface area contributed by atoms with Crippen molar-refractivity contribution < 1.29 is 14.6 Å². The summed E-state index contributed by atoms with van der Waals surface area (Å²) in [6.07, 6.45) is 0.209. The second-order valence-corrected chi connectivity index (χ2v) is 5.55. The van der Waals surface area contributed by atoms with Gasteiger partial charge in [-0.3, -0.25) is 0 Å². The first kappa shape index (κ1) is 16.4. The van der Waals surface area contributed by atoms with Crippen LogP contribution in [-0.4, -0.2) is 5.11 Å². The molecule has 25 heavy (non-hydrogen) atoms. The number of aliphatic hydroxyl groups is 1. The lowest BCUT2D eigenvalue weighted by Gasteiger charge is -2.22. The molecule has 0 aromatic heterocycles. The van der Waals surface area contributed by atoms with Crippen molar-refractivity contribution in [3.8, 4) is 6.07 Å². The van der Waals surface area contributed by atoms with Crippen LogP contribution in [0.3, 0.4) is 0 Å². The van der Waals surface area contributed by atoms with Crippen molar-refractivity contribution in [2.45, 2.75) is 13.0 Å². The van der Waals surface area contributed by atoms with Crippen molar-refractivity contribution in [1.29, 1.82) is 5.26 Å². The molecule has 0 atom stereocenters. The third-order valence-electron chi connectivity index (χ3n) is 3.84. The maximum absolute atomic E-state index is 10.3. The fraction of sp³-hybridized carbons (Fsp3) is 0.0952. The Bertz CT molecular complexity index is 874. The quantitative estimate of drug-likeness (QED) is 0.814. The first-order valence-electron chi connectivity index (χ1n) is 7.83. The molecule has 0 fully saturated rings. The number of aliphatic hydroxyl groups excluding tert-OH is 1. The summed E-state index contributed by atoms with van der Waals surface area (Å²) in [4.78, 5) is 0. The minimum atomic E-state index is -0.270. The Hall–Kier alpha value is -3.45. The number of nitrogens with zero attached hydrogens (tertiary/aromatic N) is 1. The minimum Gasteiger partial charge on any atom is -0.481 e. The predicted molar refractivity (Wildman–Crippen MR) is 94.7 cm³/mol. The summed E-state index contributed by atoms with van der Waals surface area (Å²) in [6, 6.07) is 21.0. The van der Waals surface area contributed by atoms with Crippen LogP contribution >= 0.6 is 0 Å². The maximum Gasteiger partial charge on any atom is 0.284 e. The maximum atomic E-state index is 10.3. The summed E-state index contributed by atoms with van der Waals surface area (Å²) >= 11 is 0. The van der Waals surface area contributed by atoms with Crippen LogP contribution in [0.1, 0.15) is 17.5 Å². The number of hydrogen-bond donors (Lipinski definition) is 1. The Kier molecular flexibility index (Phi) is 4.87. The predicted octanol–water partition coefficient (Wildman–Crippen LogP) is 4.84. The average molecular weight is 331 g/mol. The Morgan fingerprint density at radius 2 is 1.76 bits per heavy atom. The molecule has 1 N–H and O–H groups in total. The van der Waals surface area contributed by atoms with Crippen molar-refractivity contribution in [3.63, 3.8) is 0 Å². The van der Waals surface area contributed by atoms with Crippen LogP contribution in [-0.2, 0) is 16.1 Å². The Labute approximate surface area is 146 Å². The van der Waals surface area contributed by atoms with Gasteiger partial charge in [-0.2, -0.15) is 5.26 Å². The molecule has 0 unspecified atom stereocenters. The molecule has 4 heteroatoms. The van der Waals surface area contributed by atoms with Gasteiger partial charge in [0.25, 0.3) is 5.95 Å². The zero-order valence-electron chi connectivity index (χ0n) is 13.6. The molecule has 3 rings (SSSR count). The first-order valence-corrected chi connectivity index (χ1v) is 7.83. The van der Waals surface area contributed by atoms with Gasteiger partial charge in [-0.05, 0) is 5.56 Å². The van der Waals surface area contributed by atoms with Crippen LogP contribution in [0.5, 0.6) is 0 Å². The highest BCUT2D eigenvalue weighted by molar-refractivity contribution is 5.70. The Balaban J connectivity index is 1.83. The molecule has 4 nitrogen and oxygen atoms in total. The van der Waals surface area contributed by atoms with Crippen molar-refractivity contribution in [2.24, 2.45) is 0 Å². The van der Waals surface area contributed by atoms with Gasteiger partial charge in [0.2, 0.25) is 0 Å². The Morgan fingerprint density at radius 3 is 2.40 bits per heavy atom. The summed E-state index contributed by atoms with van der Waals surface area (Å²) in [6.45, 7) is 4.08. The standard InChI is InChI=1S/C21H17NO3/c1-15-19(21(23)24-14-16-8-4-2-5-9-16)12-18(13-22)20(25-15)17-10-6-3-7-11-17/h2-11,23H,1,12,14H2/b21-19+. The van der Waals surface area contributed by atoms with Crippen LogP contribution in [0.4, 0.5) is 0 Å². The highest BCUT2D eigenvalue weighted by atomic mass is 16.6. The van der Waals surface area contributed by atoms with E-state index in [4.69, 9.17) is 9.47 Å². The van der Waals surface area contributed by atoms with Crippen molar-refractivity contribution in [2.75, 3.05) is 0 Å². The molecule has 0 saturated carbocycles. The zero-order chi connectivity index (χ0) is 17.6. The number of rotatable bonds is 4. The second kappa shape index (κ2) is 7.41. The summed E-state index contributed by atoms with van der Waals surface area (Å²) in [5.41, 5.74) is 2.53. The van der Waals surface area contributed by atoms with Crippen molar-refractivity contribution in [3.05, 3.63) is 101 Å². The molecule has 1 aliphatic heterocycles. The summed E-state index contributed by atoms with van der Waals surface area (Å²) in [7, 11) is 0. The number of nitriles is 1. The molecule has 0 radical (unpaired) electrons. The molecule has 0 saturated heterocycles. The van der Waals surface area contributed by atoms with Crippen LogP contribution < -0.4 is 0 Å². The monoisotopic (exact) mass is 331 g/mol. The summed E-state index contributed by atoms with van der Waals surface area (Å²) < 4.78 is 11.2. The van der Waals surface area contributed by atoms with Crippen molar-refractivity contribution >= 4 is 5.76 Å². The van der Waals surface area contributed by atoms with Gasteiger partial charge >= 0.3 is 0 Å². The fourth-order valence-electron chi connectivity index (χ4n) is 2.52. The van der Waals surface area contributed by atoms with E-state index in [0.717, 1.165) is 11.1 Å². The summed E-state index contributed by atoms with van der Waals surface area (Å²) in [5.74, 6) is 0.477. The van der Waals surface area contributed by atoms with Gasteiger partial charge in [0.05, 0.1) is 17.2 Å². The van der Waals surface area contributed by atoms with E-state index in [1.807, 2.05) is 60.7 Å². The van der Waals surface area contributed by atoms with E-state index in [2.05, 4.69) is 12.6 Å². The molecular formula is C21H17NO3. The first-order chi connectivity index (χ1) is 12.2. The van der Waals surface area contributed by atoms with E-state index in [1.54, 1.807) is 0 Å². The number of allylic oxidation sites excluding steroid dienone is 2. The Morgan fingerprint density at radius 1 is 1.12 bits per heavy atom. The molecule has 0 amide bonds. The van der Waals surface area contributed by atoms with Crippen LogP contribution in [0, 0.1) is 11.3 Å². The number of benzene rings is 2. The molecule has 1 heterocycles. The van der Waals surface area contributed by atoms with Gasteiger partial charge in [-0.15, -0.1) is 0 Å². The molecule has 2 aromatic rings. The van der Waals surface area contributed by atoms with E-state index in [0.29, 0.717) is 16.9 Å². The third-order valence-corrected chi connectivity index (χ3v) is 3.84. The molecule has 124 valence electrons. The van der Waals surface area contributed by atoms with E-state index in [1.165, 1.54) is 0 Å². The number of ether oxygens (including phenoxy) is 2. The minimum absolute atomic E-state index is 0.209. The van der Waals surface area contributed by atoms with Crippen molar-refractivity contribution in [1.82, 2.24) is 0 Å². The highest BCUT2D eigenvalue weighted by Gasteiger charge is 2.26. The van der Waals surface area contributed by atoms with Gasteiger partial charge in [0.1, 0.15) is 18.1 Å². The van der Waals surface area contributed by atoms with Crippen LogP contribution in [0.15, 0.2) is 90.1 Å². The topological polar surface area (TPSA) is 62.5 Å². The lowest BCUT2D eigenvalue weighted by atomic mass is 9.98. The second-order valence-electron chi connectivity index (χ2n) is 5.55. The van der Waals surface area contributed by atoms with E-state index < -0.39 is 0 Å². The fourth-order valence-corrected chi connectivity index (χ4v) is 2.52. The third kappa shape index (κ3) is 3.73. The highest BCUT2D eigenvalue weighted by Crippen LogP contribution is 2.36.